The fourth-order valence-electron chi connectivity index (χ4n) is 4.06. The van der Waals surface area contributed by atoms with Gasteiger partial charge >= 0.3 is 5.69 Å². The van der Waals surface area contributed by atoms with Crippen molar-refractivity contribution in [3.63, 3.8) is 0 Å². The molecular formula is C19H23N5O3. The van der Waals surface area contributed by atoms with Crippen molar-refractivity contribution in [2.75, 3.05) is 11.4 Å². The molecule has 0 atom stereocenters. The molecule has 2 N–H and O–H groups in total. The number of rotatable bonds is 3. The second-order valence-corrected chi connectivity index (χ2v) is 7.14. The van der Waals surface area contributed by atoms with Crippen LogP contribution in [0.2, 0.25) is 0 Å². The van der Waals surface area contributed by atoms with Gasteiger partial charge in [0.15, 0.2) is 0 Å². The Hall–Kier alpha value is -2.90. The molecule has 2 aliphatic rings. The van der Waals surface area contributed by atoms with Gasteiger partial charge in [0.25, 0.3) is 0 Å². The predicted molar refractivity (Wildman–Crippen MR) is 99.7 cm³/mol. The minimum Gasteiger partial charge on any atom is -0.366 e. The standard InChI is InChI=1S/C19H23N5O3/c20-18(26)14-6-4-8-15-13(14)7-5-11-22(15)17(25)12-24-19(27)23-10-3-1-2-9-16(23)21-24/h4,6,8H,1-3,5,7,9-12H2,(H2,20,26). The normalized spacial score (nSPS) is 16.4. The number of hydrogen-bond donors (Lipinski definition) is 1. The number of carbonyl (C=O) groups is 2. The van der Waals surface area contributed by atoms with Crippen molar-refractivity contribution in [1.82, 2.24) is 14.3 Å². The number of amides is 2. The van der Waals surface area contributed by atoms with Crippen LogP contribution in [0.5, 0.6) is 0 Å². The Morgan fingerprint density at radius 1 is 1.07 bits per heavy atom. The van der Waals surface area contributed by atoms with Gasteiger partial charge in [0.05, 0.1) is 0 Å². The van der Waals surface area contributed by atoms with E-state index in [1.807, 2.05) is 6.07 Å². The second kappa shape index (κ2) is 7.02. The van der Waals surface area contributed by atoms with Crippen molar-refractivity contribution < 1.29 is 9.59 Å². The molecule has 0 aliphatic carbocycles. The maximum absolute atomic E-state index is 12.9. The number of fused-ring (bicyclic) bond motifs is 2. The van der Waals surface area contributed by atoms with Gasteiger partial charge in [-0.2, -0.15) is 5.10 Å². The first kappa shape index (κ1) is 17.5. The molecule has 0 bridgehead atoms. The number of primary amides is 1. The maximum Gasteiger partial charge on any atom is 0.346 e. The topological polar surface area (TPSA) is 103 Å². The third kappa shape index (κ3) is 3.15. The summed E-state index contributed by atoms with van der Waals surface area (Å²) in [4.78, 5) is 38.9. The molecule has 4 rings (SSSR count). The van der Waals surface area contributed by atoms with Gasteiger partial charge in [-0.25, -0.2) is 9.48 Å². The van der Waals surface area contributed by atoms with Crippen molar-refractivity contribution in [2.24, 2.45) is 5.73 Å². The monoisotopic (exact) mass is 369 g/mol. The van der Waals surface area contributed by atoms with E-state index in [4.69, 9.17) is 5.73 Å². The van der Waals surface area contributed by atoms with E-state index < -0.39 is 5.91 Å². The molecule has 0 radical (unpaired) electrons. The van der Waals surface area contributed by atoms with Crippen molar-refractivity contribution in [3.05, 3.63) is 45.6 Å². The Kier molecular flexibility index (Phi) is 4.55. The number of nitrogens with two attached hydrogens (primary N) is 1. The van der Waals surface area contributed by atoms with Gasteiger partial charge in [-0.1, -0.05) is 12.5 Å². The molecule has 8 heteroatoms. The maximum atomic E-state index is 12.9. The Balaban J connectivity index is 1.62. The second-order valence-electron chi connectivity index (χ2n) is 7.14. The van der Waals surface area contributed by atoms with Crippen molar-refractivity contribution in [2.45, 2.75) is 51.6 Å². The van der Waals surface area contributed by atoms with Crippen LogP contribution in [-0.2, 0) is 30.7 Å². The highest BCUT2D eigenvalue weighted by Gasteiger charge is 2.27. The van der Waals surface area contributed by atoms with Crippen LogP contribution in [-0.4, -0.2) is 32.7 Å². The van der Waals surface area contributed by atoms with E-state index in [1.54, 1.807) is 21.6 Å². The summed E-state index contributed by atoms with van der Waals surface area (Å²) in [7, 11) is 0. The lowest BCUT2D eigenvalue weighted by Crippen LogP contribution is -2.40. The minimum atomic E-state index is -0.491. The van der Waals surface area contributed by atoms with Gasteiger partial charge in [-0.05, 0) is 43.4 Å². The van der Waals surface area contributed by atoms with Crippen LogP contribution in [0.25, 0.3) is 0 Å². The lowest BCUT2D eigenvalue weighted by atomic mass is 9.96. The van der Waals surface area contributed by atoms with Gasteiger partial charge in [-0.15, -0.1) is 0 Å². The molecule has 2 amide bonds. The third-order valence-electron chi connectivity index (χ3n) is 5.38. The average Bonchev–Trinajstić information content (AvgIpc) is 2.83. The Morgan fingerprint density at radius 3 is 2.74 bits per heavy atom. The molecule has 0 fully saturated rings. The van der Waals surface area contributed by atoms with E-state index in [1.165, 1.54) is 4.68 Å². The first-order valence-electron chi connectivity index (χ1n) is 9.45. The zero-order valence-electron chi connectivity index (χ0n) is 15.2. The zero-order valence-corrected chi connectivity index (χ0v) is 15.2. The lowest BCUT2D eigenvalue weighted by Gasteiger charge is -2.30. The van der Waals surface area contributed by atoms with Gasteiger partial charge in [0, 0.05) is 30.8 Å². The highest BCUT2D eigenvalue weighted by molar-refractivity contribution is 6.00. The Morgan fingerprint density at radius 2 is 1.93 bits per heavy atom. The largest absolute Gasteiger partial charge is 0.366 e. The predicted octanol–water partition coefficient (Wildman–Crippen LogP) is 0.849. The van der Waals surface area contributed by atoms with Gasteiger partial charge < -0.3 is 10.6 Å². The fraction of sp³-hybridized carbons (Fsp3) is 0.474. The Bertz CT molecular complexity index is 959. The Labute approximate surface area is 156 Å². The summed E-state index contributed by atoms with van der Waals surface area (Å²) in [6.45, 7) is 1.12. The van der Waals surface area contributed by atoms with E-state index in [0.717, 1.165) is 43.5 Å². The van der Waals surface area contributed by atoms with E-state index in [-0.39, 0.29) is 18.1 Å². The van der Waals surface area contributed by atoms with Crippen LogP contribution in [0.15, 0.2) is 23.0 Å². The molecule has 1 aromatic heterocycles. The van der Waals surface area contributed by atoms with Crippen LogP contribution in [0.3, 0.4) is 0 Å². The zero-order chi connectivity index (χ0) is 19.0. The van der Waals surface area contributed by atoms with Gasteiger partial charge in [-0.3, -0.25) is 14.2 Å². The number of aromatic nitrogens is 3. The molecule has 1 aromatic carbocycles. The molecule has 0 saturated carbocycles. The number of aryl methyl sites for hydroxylation is 1. The summed E-state index contributed by atoms with van der Waals surface area (Å²) in [5.41, 5.74) is 7.21. The summed E-state index contributed by atoms with van der Waals surface area (Å²) in [5.74, 6) is 0.0727. The fourth-order valence-corrected chi connectivity index (χ4v) is 4.06. The first-order chi connectivity index (χ1) is 13.1. The molecule has 8 nitrogen and oxygen atoms in total. The molecule has 2 aromatic rings. The molecule has 142 valence electrons. The SMILES string of the molecule is NC(=O)c1cccc2c1CCCN2C(=O)Cn1nc2n(c1=O)CCCCC2. The first-order valence-corrected chi connectivity index (χ1v) is 9.45. The van der Waals surface area contributed by atoms with Crippen molar-refractivity contribution in [3.8, 4) is 0 Å². The van der Waals surface area contributed by atoms with Crippen molar-refractivity contribution in [1.29, 1.82) is 0 Å². The van der Waals surface area contributed by atoms with Crippen LogP contribution < -0.4 is 16.3 Å². The number of nitrogens with zero attached hydrogens (tertiary/aromatic N) is 4. The summed E-state index contributed by atoms with van der Waals surface area (Å²) in [5, 5.41) is 4.39. The molecule has 27 heavy (non-hydrogen) atoms. The van der Waals surface area contributed by atoms with E-state index in [2.05, 4.69) is 5.10 Å². The van der Waals surface area contributed by atoms with Gasteiger partial charge in [0.1, 0.15) is 12.4 Å². The molecule has 0 saturated heterocycles. The van der Waals surface area contributed by atoms with Crippen LogP contribution in [0, 0.1) is 0 Å². The minimum absolute atomic E-state index is 0.0981. The molecule has 0 unspecified atom stereocenters. The summed E-state index contributed by atoms with van der Waals surface area (Å²) < 4.78 is 2.96. The number of anilines is 1. The van der Waals surface area contributed by atoms with Gasteiger partial charge in [0.2, 0.25) is 11.8 Å². The van der Waals surface area contributed by atoms with Crippen LogP contribution in [0.4, 0.5) is 5.69 Å². The number of carbonyl (C=O) groups excluding carboxylic acids is 2. The highest BCUT2D eigenvalue weighted by Crippen LogP contribution is 2.30. The summed E-state index contributed by atoms with van der Waals surface area (Å²) in [6.07, 6.45) is 5.29. The summed E-state index contributed by atoms with van der Waals surface area (Å²) >= 11 is 0. The van der Waals surface area contributed by atoms with Crippen molar-refractivity contribution >= 4 is 17.5 Å². The lowest BCUT2D eigenvalue weighted by molar-refractivity contribution is -0.119. The summed E-state index contributed by atoms with van der Waals surface area (Å²) in [6, 6.07) is 5.24. The smallest absolute Gasteiger partial charge is 0.346 e. The molecule has 0 spiro atoms. The third-order valence-corrected chi connectivity index (χ3v) is 5.38. The molecule has 2 aliphatic heterocycles. The van der Waals surface area contributed by atoms with E-state index >= 15 is 0 Å². The van der Waals surface area contributed by atoms with Crippen LogP contribution in [0.1, 0.15) is 47.4 Å². The molecular weight excluding hydrogens is 346 g/mol. The molecule has 3 heterocycles. The van der Waals surface area contributed by atoms with Crippen LogP contribution >= 0.6 is 0 Å². The highest BCUT2D eigenvalue weighted by atomic mass is 16.2. The average molecular weight is 369 g/mol. The van der Waals surface area contributed by atoms with E-state index in [0.29, 0.717) is 30.8 Å². The number of hydrogen-bond acceptors (Lipinski definition) is 4. The quantitative estimate of drug-likeness (QED) is 0.866. The number of benzene rings is 1. The van der Waals surface area contributed by atoms with E-state index in [9.17, 15) is 14.4 Å².